The van der Waals surface area contributed by atoms with Crippen molar-refractivity contribution in [3.63, 3.8) is 0 Å². The maximum atomic E-state index is 13.6. The number of ether oxygens (including phenoxy) is 1. The Morgan fingerprint density at radius 2 is 1.71 bits per heavy atom. The number of nitrogens with zero attached hydrogens (tertiary/aromatic N) is 1. The van der Waals surface area contributed by atoms with E-state index in [-0.39, 0.29) is 17.6 Å². The fourth-order valence-electron chi connectivity index (χ4n) is 1.56. The first-order valence-electron chi connectivity index (χ1n) is 7.11. The lowest BCUT2D eigenvalue weighted by atomic mass is 9.91. The van der Waals surface area contributed by atoms with E-state index in [0.717, 1.165) is 5.69 Å². The number of halogens is 2. The van der Waals surface area contributed by atoms with Crippen molar-refractivity contribution in [1.29, 1.82) is 0 Å². The van der Waals surface area contributed by atoms with E-state index in [2.05, 4.69) is 31.1 Å². The summed E-state index contributed by atoms with van der Waals surface area (Å²) in [6.07, 6.45) is -1.61. The summed E-state index contributed by atoms with van der Waals surface area (Å²) in [7, 11) is 0. The molecule has 1 heterocycles. The van der Waals surface area contributed by atoms with E-state index in [0.29, 0.717) is 5.56 Å². The van der Waals surface area contributed by atoms with Crippen LogP contribution in [0.4, 0.5) is 8.78 Å². The van der Waals surface area contributed by atoms with Crippen LogP contribution in [-0.4, -0.2) is 23.2 Å². The Kier molecular flexibility index (Phi) is 5.45. The summed E-state index contributed by atoms with van der Waals surface area (Å²) in [5, 5.41) is 2.74. The Morgan fingerprint density at radius 3 is 2.14 bits per heavy atom. The van der Waals surface area contributed by atoms with E-state index >= 15 is 0 Å². The van der Waals surface area contributed by atoms with Gasteiger partial charge in [-0.2, -0.15) is 8.78 Å². The van der Waals surface area contributed by atoms with Gasteiger partial charge in [-0.05, 0) is 32.4 Å². The minimum atomic E-state index is -3.20. The van der Waals surface area contributed by atoms with Crippen LogP contribution in [0.1, 0.15) is 52.8 Å². The first-order chi connectivity index (χ1) is 9.39. The molecule has 1 rings (SSSR count). The fourth-order valence-corrected chi connectivity index (χ4v) is 1.56. The average Bonchev–Trinajstić information content (AvgIpc) is 2.33. The Hall–Kier alpha value is -1.07. The van der Waals surface area contributed by atoms with Crippen LogP contribution in [0.2, 0.25) is 0 Å². The van der Waals surface area contributed by atoms with Gasteiger partial charge < -0.3 is 10.1 Å². The van der Waals surface area contributed by atoms with E-state index in [1.54, 1.807) is 12.3 Å². The number of nitrogens with one attached hydrogen (secondary N) is 1. The van der Waals surface area contributed by atoms with Crippen LogP contribution in [0.3, 0.4) is 0 Å². The number of hydrogen-bond donors (Lipinski definition) is 1. The van der Waals surface area contributed by atoms with Crippen LogP contribution in [-0.2, 0) is 16.8 Å². The molecule has 1 N–H and O–H groups in total. The minimum absolute atomic E-state index is 0.0556. The van der Waals surface area contributed by atoms with Gasteiger partial charge in [0.2, 0.25) is 0 Å². The molecule has 0 fully saturated rings. The zero-order valence-corrected chi connectivity index (χ0v) is 13.8. The van der Waals surface area contributed by atoms with Crippen molar-refractivity contribution < 1.29 is 13.5 Å². The van der Waals surface area contributed by atoms with Gasteiger partial charge in [0.1, 0.15) is 0 Å². The molecule has 0 atom stereocenters. The molecule has 0 saturated carbocycles. The molecule has 1 aromatic rings. The summed E-state index contributed by atoms with van der Waals surface area (Å²) in [6.45, 7) is 11.0. The van der Waals surface area contributed by atoms with E-state index in [1.807, 2.05) is 26.8 Å². The molecule has 21 heavy (non-hydrogen) atoms. The van der Waals surface area contributed by atoms with Crippen molar-refractivity contribution in [1.82, 2.24) is 10.3 Å². The van der Waals surface area contributed by atoms with Crippen LogP contribution in [0.15, 0.2) is 18.3 Å². The highest BCUT2D eigenvalue weighted by Crippen LogP contribution is 2.21. The van der Waals surface area contributed by atoms with Crippen molar-refractivity contribution in [3.8, 4) is 0 Å². The SMILES string of the molecule is CC(C)(C)NCC(F)(F)OCc1ccc(C(C)(C)C)nc1. The van der Waals surface area contributed by atoms with Gasteiger partial charge >= 0.3 is 6.11 Å². The minimum Gasteiger partial charge on any atom is -0.315 e. The Morgan fingerprint density at radius 1 is 1.10 bits per heavy atom. The van der Waals surface area contributed by atoms with E-state index in [1.165, 1.54) is 0 Å². The second-order valence-electron chi connectivity index (χ2n) is 7.33. The standard InChI is InChI=1S/C16H26F2N2O/c1-14(2,3)13-8-7-12(9-19-13)10-21-16(17,18)11-20-15(4,5)6/h7-9,20H,10-11H2,1-6H3. The van der Waals surface area contributed by atoms with Crippen LogP contribution >= 0.6 is 0 Å². The van der Waals surface area contributed by atoms with Crippen LogP contribution in [0.5, 0.6) is 0 Å². The number of pyridine rings is 1. The number of hydrogen-bond acceptors (Lipinski definition) is 3. The van der Waals surface area contributed by atoms with Crippen molar-refractivity contribution in [2.45, 2.75) is 65.2 Å². The molecule has 0 unspecified atom stereocenters. The maximum Gasteiger partial charge on any atom is 0.368 e. The predicted molar refractivity (Wildman–Crippen MR) is 80.4 cm³/mol. The van der Waals surface area contributed by atoms with Crippen molar-refractivity contribution in [3.05, 3.63) is 29.6 Å². The molecule has 5 heteroatoms. The average molecular weight is 300 g/mol. The molecule has 0 aromatic carbocycles. The van der Waals surface area contributed by atoms with Crippen LogP contribution in [0.25, 0.3) is 0 Å². The molecule has 1 aromatic heterocycles. The van der Waals surface area contributed by atoms with Crippen molar-refractivity contribution in [2.24, 2.45) is 0 Å². The fraction of sp³-hybridized carbons (Fsp3) is 0.688. The number of rotatable bonds is 5. The zero-order chi connectivity index (χ0) is 16.3. The largest absolute Gasteiger partial charge is 0.368 e. The highest BCUT2D eigenvalue weighted by molar-refractivity contribution is 5.18. The molecule has 0 bridgehead atoms. The number of alkyl halides is 2. The predicted octanol–water partition coefficient (Wildman–Crippen LogP) is 3.88. The summed E-state index contributed by atoms with van der Waals surface area (Å²) >= 11 is 0. The smallest absolute Gasteiger partial charge is 0.315 e. The van der Waals surface area contributed by atoms with Gasteiger partial charge in [-0.25, -0.2) is 0 Å². The van der Waals surface area contributed by atoms with E-state index in [9.17, 15) is 8.78 Å². The first-order valence-corrected chi connectivity index (χ1v) is 7.11. The van der Waals surface area contributed by atoms with Crippen molar-refractivity contribution >= 4 is 0 Å². The van der Waals surface area contributed by atoms with Gasteiger partial charge in [0.25, 0.3) is 0 Å². The summed E-state index contributed by atoms with van der Waals surface area (Å²) in [5.74, 6) is 0. The Labute approximate surface area is 126 Å². The van der Waals surface area contributed by atoms with E-state index in [4.69, 9.17) is 4.74 Å². The third-order valence-corrected chi connectivity index (χ3v) is 2.87. The Bertz CT molecular complexity index is 445. The topological polar surface area (TPSA) is 34.1 Å². The van der Waals surface area contributed by atoms with Gasteiger partial charge in [-0.1, -0.05) is 26.8 Å². The normalized spacial score (nSPS) is 13.5. The van der Waals surface area contributed by atoms with E-state index < -0.39 is 12.7 Å². The van der Waals surface area contributed by atoms with Gasteiger partial charge in [0, 0.05) is 22.8 Å². The summed E-state index contributed by atoms with van der Waals surface area (Å²) in [6, 6.07) is 3.63. The quantitative estimate of drug-likeness (QED) is 0.896. The summed E-state index contributed by atoms with van der Waals surface area (Å²) < 4.78 is 31.9. The molecule has 0 aliphatic heterocycles. The molecule has 120 valence electrons. The second kappa shape index (κ2) is 6.36. The third-order valence-electron chi connectivity index (χ3n) is 2.87. The third kappa shape index (κ3) is 6.96. The maximum absolute atomic E-state index is 13.6. The molecular weight excluding hydrogens is 274 g/mol. The van der Waals surface area contributed by atoms with Crippen LogP contribution in [0, 0.1) is 0 Å². The Balaban J connectivity index is 2.54. The lowest BCUT2D eigenvalue weighted by Gasteiger charge is -2.25. The molecule has 0 aliphatic carbocycles. The first kappa shape index (κ1) is 18.0. The summed E-state index contributed by atoms with van der Waals surface area (Å²) in [5.41, 5.74) is 1.13. The molecule has 0 radical (unpaired) electrons. The van der Waals surface area contributed by atoms with Gasteiger partial charge in [-0.3, -0.25) is 4.98 Å². The molecular formula is C16H26F2N2O. The van der Waals surface area contributed by atoms with Gasteiger partial charge in [0.15, 0.2) is 0 Å². The lowest BCUT2D eigenvalue weighted by molar-refractivity contribution is -0.242. The highest BCUT2D eigenvalue weighted by Gasteiger charge is 2.31. The molecule has 0 spiro atoms. The van der Waals surface area contributed by atoms with Gasteiger partial charge in [-0.15, -0.1) is 0 Å². The molecule has 3 nitrogen and oxygen atoms in total. The zero-order valence-electron chi connectivity index (χ0n) is 13.8. The molecule has 0 amide bonds. The molecule has 0 saturated heterocycles. The van der Waals surface area contributed by atoms with Crippen molar-refractivity contribution in [2.75, 3.05) is 6.54 Å². The highest BCUT2D eigenvalue weighted by atomic mass is 19.3. The number of aromatic nitrogens is 1. The second-order valence-corrected chi connectivity index (χ2v) is 7.33. The lowest BCUT2D eigenvalue weighted by Crippen LogP contribution is -2.44. The van der Waals surface area contributed by atoms with Crippen LogP contribution < -0.4 is 5.32 Å². The van der Waals surface area contributed by atoms with Gasteiger partial charge in [0.05, 0.1) is 13.2 Å². The summed E-state index contributed by atoms with van der Waals surface area (Å²) in [4.78, 5) is 4.30. The monoisotopic (exact) mass is 300 g/mol. The molecule has 0 aliphatic rings.